The van der Waals surface area contributed by atoms with Crippen molar-refractivity contribution in [3.05, 3.63) is 83.7 Å². The molecule has 1 aliphatic carbocycles. The molecule has 0 amide bonds. The minimum Gasteiger partial charge on any atom is -0.333 e. The lowest BCUT2D eigenvalue weighted by molar-refractivity contribution is -0.141. The fourth-order valence-corrected chi connectivity index (χ4v) is 3.57. The predicted octanol–water partition coefficient (Wildman–Crippen LogP) is 4.53. The van der Waals surface area contributed by atoms with Crippen LogP contribution in [-0.2, 0) is 11.0 Å². The van der Waals surface area contributed by atoms with Crippen LogP contribution in [0.25, 0.3) is 11.4 Å². The third-order valence-electron chi connectivity index (χ3n) is 4.99. The lowest BCUT2D eigenvalue weighted by Gasteiger charge is -2.07. The summed E-state index contributed by atoms with van der Waals surface area (Å²) in [4.78, 5) is 18.8. The van der Waals surface area contributed by atoms with Gasteiger partial charge in [-0.05, 0) is 24.2 Å². The number of carbonyl (C=O) groups is 1. The van der Waals surface area contributed by atoms with Crippen LogP contribution in [-0.4, -0.2) is 29.0 Å². The number of benzene rings is 2. The molecule has 1 saturated carbocycles. The summed E-state index contributed by atoms with van der Waals surface area (Å²) in [5.74, 6) is -1.29. The molecule has 30 heavy (non-hydrogen) atoms. The molecule has 1 fully saturated rings. The van der Waals surface area contributed by atoms with E-state index in [0.29, 0.717) is 17.4 Å². The van der Waals surface area contributed by atoms with E-state index in [0.717, 1.165) is 17.8 Å². The van der Waals surface area contributed by atoms with Crippen LogP contribution in [0.5, 0.6) is 0 Å². The molecule has 156 valence electrons. The van der Waals surface area contributed by atoms with Gasteiger partial charge in [-0.25, -0.2) is 14.4 Å². The van der Waals surface area contributed by atoms with Crippen molar-refractivity contribution in [1.82, 2.24) is 9.97 Å². The summed E-state index contributed by atoms with van der Waals surface area (Å²) in [5.41, 5.74) is 3.18. The number of halogens is 4. The van der Waals surface area contributed by atoms with Gasteiger partial charge in [-0.2, -0.15) is 13.2 Å². The van der Waals surface area contributed by atoms with Gasteiger partial charge in [0.1, 0.15) is 5.69 Å². The summed E-state index contributed by atoms with van der Waals surface area (Å²) in [5, 5.41) is 0. The van der Waals surface area contributed by atoms with Crippen LogP contribution in [0.15, 0.2) is 66.9 Å². The van der Waals surface area contributed by atoms with Crippen LogP contribution in [0.3, 0.4) is 0 Å². The maximum absolute atomic E-state index is 15.0. The summed E-state index contributed by atoms with van der Waals surface area (Å²) < 4.78 is 53.5. The quantitative estimate of drug-likeness (QED) is 0.500. The standard InChI is InChI=1S/C21H14F4N2O.CH5N/c22-20(12-28)17(13-4-2-1-3-5-13)18(20)14-6-8-15(9-7-14)19-26-11-10-16(27-19)21(23,24)25;1-2/h1-12,17-18H;2H2,1H3/t17?,18-,20+;/m0./s1. The van der Waals surface area contributed by atoms with Crippen LogP contribution in [0.1, 0.15) is 28.7 Å². The Bertz CT molecular complexity index is 1010. The Hall–Kier alpha value is -3.13. The zero-order valence-electron chi connectivity index (χ0n) is 16.0. The number of nitrogens with zero attached hydrogens (tertiary/aromatic N) is 2. The van der Waals surface area contributed by atoms with Crippen molar-refractivity contribution in [2.75, 3.05) is 7.05 Å². The van der Waals surface area contributed by atoms with Crippen LogP contribution < -0.4 is 5.73 Å². The van der Waals surface area contributed by atoms with Gasteiger partial charge in [0.15, 0.2) is 17.8 Å². The molecule has 4 nitrogen and oxygen atoms in total. The number of hydrogen-bond acceptors (Lipinski definition) is 4. The molecule has 2 N–H and O–H groups in total. The molecule has 0 bridgehead atoms. The van der Waals surface area contributed by atoms with E-state index in [1.807, 2.05) is 6.07 Å². The Morgan fingerprint density at radius 1 is 0.933 bits per heavy atom. The van der Waals surface area contributed by atoms with E-state index >= 15 is 4.39 Å². The van der Waals surface area contributed by atoms with Crippen molar-refractivity contribution >= 4 is 6.29 Å². The van der Waals surface area contributed by atoms with Crippen LogP contribution in [0.4, 0.5) is 17.6 Å². The molecule has 1 aliphatic rings. The van der Waals surface area contributed by atoms with Gasteiger partial charge in [-0.3, -0.25) is 4.79 Å². The average Bonchev–Trinajstić information content (AvgIpc) is 3.41. The number of hydrogen-bond donors (Lipinski definition) is 1. The van der Waals surface area contributed by atoms with Crippen molar-refractivity contribution in [3.8, 4) is 11.4 Å². The molecular weight excluding hydrogens is 398 g/mol. The molecular formula is C22H19F4N3O. The van der Waals surface area contributed by atoms with Gasteiger partial charge in [0.05, 0.1) is 0 Å². The highest BCUT2D eigenvalue weighted by atomic mass is 19.4. The Balaban J connectivity index is 0.00000124. The zero-order chi connectivity index (χ0) is 21.9. The summed E-state index contributed by atoms with van der Waals surface area (Å²) in [6.07, 6.45) is -3.18. The molecule has 3 aromatic rings. The van der Waals surface area contributed by atoms with Gasteiger partial charge in [0.2, 0.25) is 0 Å². The number of alkyl halides is 4. The van der Waals surface area contributed by atoms with Crippen molar-refractivity contribution in [2.45, 2.75) is 23.7 Å². The van der Waals surface area contributed by atoms with E-state index in [1.54, 1.807) is 36.4 Å². The molecule has 2 aromatic carbocycles. The molecule has 3 atom stereocenters. The number of rotatable bonds is 4. The highest BCUT2D eigenvalue weighted by Crippen LogP contribution is 2.65. The number of nitrogens with two attached hydrogens (primary N) is 1. The van der Waals surface area contributed by atoms with E-state index < -0.39 is 29.4 Å². The predicted molar refractivity (Wildman–Crippen MR) is 104 cm³/mol. The Labute approximate surface area is 170 Å². The fraction of sp³-hybridized carbons (Fsp3) is 0.227. The monoisotopic (exact) mass is 417 g/mol. The number of aldehydes is 1. The van der Waals surface area contributed by atoms with E-state index in [2.05, 4.69) is 15.7 Å². The minimum absolute atomic E-state index is 0.0707. The minimum atomic E-state index is -4.56. The first-order valence-electron chi connectivity index (χ1n) is 9.13. The SMILES string of the molecule is CN.O=C[C@@]1(F)C(c2ccccc2)[C@@H]1c1ccc(-c2nccc(C(F)(F)F)n2)cc1. The second-order valence-corrected chi connectivity index (χ2v) is 6.70. The number of carbonyl (C=O) groups excluding carboxylic acids is 1. The van der Waals surface area contributed by atoms with Crippen molar-refractivity contribution in [1.29, 1.82) is 0 Å². The lowest BCUT2D eigenvalue weighted by atomic mass is 10.0. The van der Waals surface area contributed by atoms with Gasteiger partial charge in [-0.15, -0.1) is 0 Å². The summed E-state index contributed by atoms with van der Waals surface area (Å²) in [6.45, 7) is 0. The van der Waals surface area contributed by atoms with E-state index in [9.17, 15) is 18.0 Å². The van der Waals surface area contributed by atoms with E-state index in [-0.39, 0.29) is 5.82 Å². The van der Waals surface area contributed by atoms with Crippen molar-refractivity contribution < 1.29 is 22.4 Å². The highest BCUT2D eigenvalue weighted by Gasteiger charge is 2.67. The zero-order valence-corrected chi connectivity index (χ0v) is 16.0. The van der Waals surface area contributed by atoms with Crippen molar-refractivity contribution in [2.24, 2.45) is 5.73 Å². The summed E-state index contributed by atoms with van der Waals surface area (Å²) in [6, 6.07) is 16.0. The first-order chi connectivity index (χ1) is 14.3. The maximum Gasteiger partial charge on any atom is 0.433 e. The molecule has 1 heterocycles. The molecule has 0 spiro atoms. The van der Waals surface area contributed by atoms with Gasteiger partial charge < -0.3 is 5.73 Å². The maximum atomic E-state index is 15.0. The average molecular weight is 417 g/mol. The normalized spacial score (nSPS) is 22.6. The molecule has 1 unspecified atom stereocenters. The Morgan fingerprint density at radius 3 is 2.03 bits per heavy atom. The molecule has 0 saturated heterocycles. The van der Waals surface area contributed by atoms with Gasteiger partial charge >= 0.3 is 6.18 Å². The van der Waals surface area contributed by atoms with E-state index in [4.69, 9.17) is 0 Å². The van der Waals surface area contributed by atoms with Gasteiger partial charge in [0, 0.05) is 23.6 Å². The summed E-state index contributed by atoms with van der Waals surface area (Å²) in [7, 11) is 1.50. The number of aromatic nitrogens is 2. The largest absolute Gasteiger partial charge is 0.433 e. The Kier molecular flexibility index (Phi) is 5.98. The van der Waals surface area contributed by atoms with E-state index in [1.165, 1.54) is 19.2 Å². The van der Waals surface area contributed by atoms with Crippen LogP contribution >= 0.6 is 0 Å². The fourth-order valence-electron chi connectivity index (χ4n) is 3.57. The van der Waals surface area contributed by atoms with Gasteiger partial charge in [-0.1, -0.05) is 54.6 Å². The Morgan fingerprint density at radius 2 is 1.50 bits per heavy atom. The molecule has 0 radical (unpaired) electrons. The first kappa shape index (κ1) is 21.6. The van der Waals surface area contributed by atoms with Crippen molar-refractivity contribution in [3.63, 3.8) is 0 Å². The third kappa shape index (κ3) is 3.95. The van der Waals surface area contributed by atoms with Gasteiger partial charge in [0.25, 0.3) is 0 Å². The topological polar surface area (TPSA) is 68.9 Å². The second kappa shape index (κ2) is 8.31. The highest BCUT2D eigenvalue weighted by molar-refractivity contribution is 5.76. The molecule has 8 heteroatoms. The van der Waals surface area contributed by atoms with Crippen LogP contribution in [0, 0.1) is 0 Å². The molecule has 1 aromatic heterocycles. The molecule has 4 rings (SSSR count). The smallest absolute Gasteiger partial charge is 0.333 e. The summed E-state index contributed by atoms with van der Waals surface area (Å²) >= 11 is 0. The molecule has 0 aliphatic heterocycles. The van der Waals surface area contributed by atoms with Crippen LogP contribution in [0.2, 0.25) is 0 Å². The lowest BCUT2D eigenvalue weighted by Crippen LogP contribution is -2.09. The second-order valence-electron chi connectivity index (χ2n) is 6.70. The first-order valence-corrected chi connectivity index (χ1v) is 9.13. The third-order valence-corrected chi connectivity index (χ3v) is 4.99.